The van der Waals surface area contributed by atoms with E-state index in [0.29, 0.717) is 22.2 Å². The molecule has 0 radical (unpaired) electrons. The number of hydrogen-bond acceptors (Lipinski definition) is 4. The number of Topliss-reactive ketones (excluding diaryl/α,β-unsaturated/α-hetero) is 1. The van der Waals surface area contributed by atoms with Gasteiger partial charge in [-0.15, -0.1) is 0 Å². The molecule has 190 valence electrons. The van der Waals surface area contributed by atoms with E-state index in [9.17, 15) is 13.6 Å². The van der Waals surface area contributed by atoms with Gasteiger partial charge in [0.15, 0.2) is 0 Å². The first-order valence-corrected chi connectivity index (χ1v) is 12.4. The smallest absolute Gasteiger partial charge is 0.273 e. The first-order chi connectivity index (χ1) is 17.8. The van der Waals surface area contributed by atoms with Gasteiger partial charge in [-0.25, -0.2) is 18.7 Å². The molecule has 0 saturated heterocycles. The fourth-order valence-corrected chi connectivity index (χ4v) is 4.30. The zero-order chi connectivity index (χ0) is 26.4. The van der Waals surface area contributed by atoms with Crippen LogP contribution in [0.2, 0.25) is 5.02 Å². The Hall–Kier alpha value is -3.64. The van der Waals surface area contributed by atoms with Crippen molar-refractivity contribution in [3.8, 4) is 17.1 Å². The van der Waals surface area contributed by atoms with E-state index in [4.69, 9.17) is 16.3 Å². The normalized spacial score (nSPS) is 12.2. The molecule has 1 heterocycles. The lowest BCUT2D eigenvalue weighted by Gasteiger charge is -2.17. The number of halogens is 3. The van der Waals surface area contributed by atoms with E-state index in [0.717, 1.165) is 16.7 Å². The summed E-state index contributed by atoms with van der Waals surface area (Å²) in [4.78, 5) is 21.4. The minimum atomic E-state index is -2.86. The zero-order valence-corrected chi connectivity index (χ0v) is 21.4. The van der Waals surface area contributed by atoms with Gasteiger partial charge in [0.1, 0.15) is 17.6 Å². The summed E-state index contributed by atoms with van der Waals surface area (Å²) in [5.41, 5.74) is 3.77. The Morgan fingerprint density at radius 2 is 1.51 bits per heavy atom. The number of nitrogens with zero attached hydrogens (tertiary/aromatic N) is 2. The molecule has 0 bridgehead atoms. The van der Waals surface area contributed by atoms with E-state index >= 15 is 0 Å². The molecule has 0 N–H and O–H groups in total. The van der Waals surface area contributed by atoms with Gasteiger partial charge in [-0.1, -0.05) is 85.3 Å². The van der Waals surface area contributed by atoms with Crippen molar-refractivity contribution >= 4 is 17.4 Å². The van der Waals surface area contributed by atoms with Crippen molar-refractivity contribution < 1.29 is 18.3 Å². The van der Waals surface area contributed by atoms with Gasteiger partial charge in [-0.2, -0.15) is 0 Å². The van der Waals surface area contributed by atoms with Crippen LogP contribution in [0.25, 0.3) is 11.3 Å². The second kappa shape index (κ2) is 11.6. The Bertz CT molecular complexity index is 1360. The summed E-state index contributed by atoms with van der Waals surface area (Å²) >= 11 is 6.31. The summed E-state index contributed by atoms with van der Waals surface area (Å²) < 4.78 is 33.7. The minimum absolute atomic E-state index is 0.000147. The lowest BCUT2D eigenvalue weighted by atomic mass is 9.99. The minimum Gasteiger partial charge on any atom is -0.468 e. The number of benzene rings is 3. The molecular weight excluding hydrogens is 494 g/mol. The molecular formula is C30H27ClF2N2O2. The quantitative estimate of drug-likeness (QED) is 0.214. The van der Waals surface area contributed by atoms with Crippen LogP contribution in [0.4, 0.5) is 8.78 Å². The van der Waals surface area contributed by atoms with Gasteiger partial charge < -0.3 is 4.74 Å². The molecule has 0 saturated carbocycles. The van der Waals surface area contributed by atoms with Gasteiger partial charge in [0.25, 0.3) is 5.92 Å². The summed E-state index contributed by atoms with van der Waals surface area (Å²) in [6.45, 7) is 3.35. The highest BCUT2D eigenvalue weighted by molar-refractivity contribution is 6.31. The average Bonchev–Trinajstić information content (AvgIpc) is 2.90. The third kappa shape index (κ3) is 6.57. The summed E-state index contributed by atoms with van der Waals surface area (Å²) in [5, 5.41) is 0.615. The number of hydrogen-bond donors (Lipinski definition) is 0. The van der Waals surface area contributed by atoms with Crippen molar-refractivity contribution in [3.63, 3.8) is 0 Å². The molecule has 7 heteroatoms. The van der Waals surface area contributed by atoms with Gasteiger partial charge >= 0.3 is 0 Å². The fourth-order valence-electron chi connectivity index (χ4n) is 4.01. The van der Waals surface area contributed by atoms with Crippen LogP contribution in [-0.2, 0) is 23.6 Å². The highest BCUT2D eigenvalue weighted by Crippen LogP contribution is 2.32. The summed E-state index contributed by atoms with van der Waals surface area (Å²) in [7, 11) is 0. The second-order valence-electron chi connectivity index (χ2n) is 8.84. The van der Waals surface area contributed by atoms with Gasteiger partial charge in [0.2, 0.25) is 5.88 Å². The highest BCUT2D eigenvalue weighted by Gasteiger charge is 2.28. The fraction of sp³-hybridized carbons (Fsp3) is 0.233. The van der Waals surface area contributed by atoms with Crippen LogP contribution in [0, 0.1) is 0 Å². The third-order valence-corrected chi connectivity index (χ3v) is 6.49. The maximum absolute atomic E-state index is 13.8. The Morgan fingerprint density at radius 3 is 2.14 bits per heavy atom. The van der Waals surface area contributed by atoms with Crippen molar-refractivity contribution in [1.29, 1.82) is 0 Å². The van der Waals surface area contributed by atoms with E-state index in [2.05, 4.69) is 9.97 Å². The Morgan fingerprint density at radius 1 is 0.919 bits per heavy atom. The molecule has 0 unspecified atom stereocenters. The molecule has 0 spiro atoms. The van der Waals surface area contributed by atoms with E-state index < -0.39 is 5.92 Å². The van der Waals surface area contributed by atoms with Crippen LogP contribution in [0.15, 0.2) is 85.2 Å². The number of alkyl halides is 2. The standard InChI is InChI=1S/C30H27ClF2N2O2/c1-3-30(32,33)24-14-10-22(11-15-24)19-25(36)18-21-8-12-23(13-9-21)28-29(35-17-16-34-28)37-20(2)26-6-4-5-7-27(26)31/h4-17,20H,3,18-19H2,1-2H3/t20-/m1/s1. The molecule has 0 amide bonds. The second-order valence-corrected chi connectivity index (χ2v) is 9.24. The summed E-state index contributed by atoms with van der Waals surface area (Å²) in [6.07, 6.45) is 3.00. The number of ketones is 1. The molecule has 0 aliphatic heterocycles. The molecule has 0 aliphatic rings. The molecule has 37 heavy (non-hydrogen) atoms. The molecule has 4 nitrogen and oxygen atoms in total. The van der Waals surface area contributed by atoms with E-state index in [1.165, 1.54) is 19.1 Å². The van der Waals surface area contributed by atoms with Gasteiger partial charge in [0.05, 0.1) is 0 Å². The highest BCUT2D eigenvalue weighted by atomic mass is 35.5. The van der Waals surface area contributed by atoms with E-state index in [-0.39, 0.29) is 36.7 Å². The van der Waals surface area contributed by atoms with Crippen LogP contribution >= 0.6 is 11.6 Å². The van der Waals surface area contributed by atoms with Gasteiger partial charge in [-0.05, 0) is 24.1 Å². The van der Waals surface area contributed by atoms with Gasteiger partial charge in [0, 0.05) is 53.4 Å². The summed E-state index contributed by atoms with van der Waals surface area (Å²) in [5.74, 6) is -2.47. The van der Waals surface area contributed by atoms with Crippen LogP contribution in [0.1, 0.15) is 48.6 Å². The molecule has 1 aromatic heterocycles. The SMILES string of the molecule is CCC(F)(F)c1ccc(CC(=O)Cc2ccc(-c3nccnc3O[C@H](C)c3ccccc3Cl)cc2)cc1. The number of ether oxygens (including phenoxy) is 1. The van der Waals surface area contributed by atoms with Crippen LogP contribution in [0.5, 0.6) is 5.88 Å². The zero-order valence-electron chi connectivity index (χ0n) is 20.6. The maximum Gasteiger partial charge on any atom is 0.273 e. The molecule has 4 rings (SSSR count). The first kappa shape index (κ1) is 26.4. The molecule has 0 aliphatic carbocycles. The van der Waals surface area contributed by atoms with Crippen molar-refractivity contribution in [2.75, 3.05) is 0 Å². The number of carbonyl (C=O) groups is 1. The predicted octanol–water partition coefficient (Wildman–Crippen LogP) is 7.79. The van der Waals surface area contributed by atoms with Crippen LogP contribution in [-0.4, -0.2) is 15.8 Å². The van der Waals surface area contributed by atoms with E-state index in [1.54, 1.807) is 24.5 Å². The average molecular weight is 521 g/mol. The number of carbonyl (C=O) groups excluding carboxylic acids is 1. The van der Waals surface area contributed by atoms with E-state index in [1.807, 2.05) is 55.5 Å². The van der Waals surface area contributed by atoms with Crippen molar-refractivity contribution in [1.82, 2.24) is 9.97 Å². The third-order valence-electron chi connectivity index (χ3n) is 6.15. The van der Waals surface area contributed by atoms with Gasteiger partial charge in [-0.3, -0.25) is 4.79 Å². The molecule has 0 fully saturated rings. The monoisotopic (exact) mass is 520 g/mol. The Kier molecular flexibility index (Phi) is 8.29. The molecule has 4 aromatic rings. The molecule has 1 atom stereocenters. The summed E-state index contributed by atoms with van der Waals surface area (Å²) in [6, 6.07) is 21.0. The lowest BCUT2D eigenvalue weighted by molar-refractivity contribution is -0.117. The molecule has 3 aromatic carbocycles. The number of rotatable bonds is 10. The lowest BCUT2D eigenvalue weighted by Crippen LogP contribution is -2.12. The van der Waals surface area contributed by atoms with Crippen molar-refractivity contribution in [2.24, 2.45) is 0 Å². The largest absolute Gasteiger partial charge is 0.468 e. The predicted molar refractivity (Wildman–Crippen MR) is 141 cm³/mol. The Labute approximate surface area is 220 Å². The van der Waals surface area contributed by atoms with Crippen LogP contribution in [0.3, 0.4) is 0 Å². The Balaban J connectivity index is 1.42. The first-order valence-electron chi connectivity index (χ1n) is 12.1. The van der Waals surface area contributed by atoms with Crippen LogP contribution < -0.4 is 4.74 Å². The van der Waals surface area contributed by atoms with Crippen molar-refractivity contribution in [2.45, 2.75) is 45.1 Å². The van der Waals surface area contributed by atoms with Crippen molar-refractivity contribution in [3.05, 3.63) is 112 Å². The topological polar surface area (TPSA) is 52.1 Å². The number of aromatic nitrogens is 2. The maximum atomic E-state index is 13.8.